The van der Waals surface area contributed by atoms with Crippen molar-refractivity contribution in [1.82, 2.24) is 10.2 Å². The monoisotopic (exact) mass is 356 g/mol. The van der Waals surface area contributed by atoms with Crippen LogP contribution in [0.15, 0.2) is 18.2 Å². The molecule has 4 N–H and O–H groups in total. The van der Waals surface area contributed by atoms with E-state index in [9.17, 15) is 29.7 Å². The molecule has 3 unspecified atom stereocenters. The van der Waals surface area contributed by atoms with Gasteiger partial charge in [-0.1, -0.05) is 6.07 Å². The Labute approximate surface area is 142 Å². The van der Waals surface area contributed by atoms with E-state index in [2.05, 4.69) is 5.32 Å². The van der Waals surface area contributed by atoms with E-state index in [1.54, 1.807) is 0 Å². The number of aromatic hydroxyl groups is 2. The third kappa shape index (κ3) is 3.44. The van der Waals surface area contributed by atoms with E-state index >= 15 is 0 Å². The van der Waals surface area contributed by atoms with Gasteiger partial charge in [-0.2, -0.15) is 0 Å². The SMILES string of the molecule is CC(=O)CN1C(=O)C(CCl)NC(=O)C1C(O)c1ccc(O)c(O)c1. The summed E-state index contributed by atoms with van der Waals surface area (Å²) >= 11 is 5.65. The van der Waals surface area contributed by atoms with Gasteiger partial charge >= 0.3 is 0 Å². The number of piperazine rings is 1. The number of phenolic OH excluding ortho intramolecular Hbond substituents is 2. The fraction of sp³-hybridized carbons (Fsp3) is 0.400. The highest BCUT2D eigenvalue weighted by Crippen LogP contribution is 2.31. The highest BCUT2D eigenvalue weighted by molar-refractivity contribution is 6.20. The number of benzene rings is 1. The third-order valence-electron chi connectivity index (χ3n) is 3.69. The van der Waals surface area contributed by atoms with Gasteiger partial charge in [-0.15, -0.1) is 11.6 Å². The Morgan fingerprint density at radius 3 is 2.54 bits per heavy atom. The molecule has 1 fully saturated rings. The first-order valence-electron chi connectivity index (χ1n) is 7.12. The molecule has 1 aliphatic rings. The van der Waals surface area contributed by atoms with Crippen molar-refractivity contribution in [3.8, 4) is 11.5 Å². The second kappa shape index (κ2) is 7.06. The smallest absolute Gasteiger partial charge is 0.247 e. The second-order valence-corrected chi connectivity index (χ2v) is 5.83. The van der Waals surface area contributed by atoms with Gasteiger partial charge in [0.2, 0.25) is 11.8 Å². The van der Waals surface area contributed by atoms with E-state index in [1.165, 1.54) is 13.0 Å². The normalized spacial score (nSPS) is 22.2. The van der Waals surface area contributed by atoms with Gasteiger partial charge in [0.15, 0.2) is 11.5 Å². The molecule has 24 heavy (non-hydrogen) atoms. The number of aliphatic hydroxyl groups is 1. The van der Waals surface area contributed by atoms with Crippen LogP contribution in [-0.2, 0) is 14.4 Å². The molecule has 0 radical (unpaired) electrons. The summed E-state index contributed by atoms with van der Waals surface area (Å²) in [6.45, 7) is 0.900. The van der Waals surface area contributed by atoms with Crippen molar-refractivity contribution in [2.75, 3.05) is 12.4 Å². The maximum absolute atomic E-state index is 12.4. The fourth-order valence-electron chi connectivity index (χ4n) is 2.54. The first-order chi connectivity index (χ1) is 11.3. The fourth-order valence-corrected chi connectivity index (χ4v) is 2.75. The predicted octanol–water partition coefficient (Wildman–Crippen LogP) is -0.345. The van der Waals surface area contributed by atoms with Crippen LogP contribution in [0.4, 0.5) is 0 Å². The maximum Gasteiger partial charge on any atom is 0.247 e. The van der Waals surface area contributed by atoms with Crippen LogP contribution in [-0.4, -0.2) is 62.3 Å². The first-order valence-corrected chi connectivity index (χ1v) is 7.66. The molecule has 3 atom stereocenters. The lowest BCUT2D eigenvalue weighted by Crippen LogP contribution is -2.66. The topological polar surface area (TPSA) is 127 Å². The van der Waals surface area contributed by atoms with Gasteiger partial charge in [-0.25, -0.2) is 0 Å². The van der Waals surface area contributed by atoms with Crippen LogP contribution in [0.3, 0.4) is 0 Å². The van der Waals surface area contributed by atoms with Crippen LogP contribution in [0.1, 0.15) is 18.6 Å². The zero-order chi connectivity index (χ0) is 18.0. The summed E-state index contributed by atoms with van der Waals surface area (Å²) in [6.07, 6.45) is -1.50. The number of hydrogen-bond donors (Lipinski definition) is 4. The third-order valence-corrected chi connectivity index (χ3v) is 4.00. The lowest BCUT2D eigenvalue weighted by molar-refractivity contribution is -0.155. The molecule has 0 saturated carbocycles. The van der Waals surface area contributed by atoms with E-state index in [4.69, 9.17) is 11.6 Å². The number of rotatable bonds is 5. The highest BCUT2D eigenvalue weighted by atomic mass is 35.5. The van der Waals surface area contributed by atoms with E-state index < -0.39 is 41.5 Å². The van der Waals surface area contributed by atoms with Crippen molar-refractivity contribution in [2.45, 2.75) is 25.1 Å². The number of phenols is 2. The lowest BCUT2D eigenvalue weighted by Gasteiger charge is -2.40. The molecule has 0 spiro atoms. The van der Waals surface area contributed by atoms with Crippen molar-refractivity contribution in [3.05, 3.63) is 23.8 Å². The molecule has 0 aliphatic carbocycles. The summed E-state index contributed by atoms with van der Waals surface area (Å²) < 4.78 is 0. The van der Waals surface area contributed by atoms with E-state index in [-0.39, 0.29) is 23.8 Å². The number of Topliss-reactive ketones (excluding diaryl/α,β-unsaturated/α-hetero) is 1. The Hall–Kier alpha value is -2.32. The van der Waals surface area contributed by atoms with Crippen LogP contribution in [0.25, 0.3) is 0 Å². The Kier molecular flexibility index (Phi) is 5.30. The zero-order valence-corrected chi connectivity index (χ0v) is 13.5. The van der Waals surface area contributed by atoms with E-state index in [1.807, 2.05) is 0 Å². The van der Waals surface area contributed by atoms with Crippen LogP contribution in [0, 0.1) is 0 Å². The van der Waals surface area contributed by atoms with Gasteiger partial charge in [-0.05, 0) is 24.6 Å². The molecule has 2 amide bonds. The molecule has 2 rings (SSSR count). The predicted molar refractivity (Wildman–Crippen MR) is 83.6 cm³/mol. The van der Waals surface area contributed by atoms with Crippen LogP contribution < -0.4 is 5.32 Å². The molecule has 130 valence electrons. The minimum atomic E-state index is -1.50. The summed E-state index contributed by atoms with van der Waals surface area (Å²) in [7, 11) is 0. The molecular weight excluding hydrogens is 340 g/mol. The quantitative estimate of drug-likeness (QED) is 0.422. The Bertz CT molecular complexity index is 680. The lowest BCUT2D eigenvalue weighted by atomic mass is 9.96. The number of amides is 2. The zero-order valence-electron chi connectivity index (χ0n) is 12.8. The molecule has 0 aromatic heterocycles. The molecule has 1 heterocycles. The average molecular weight is 357 g/mol. The first kappa shape index (κ1) is 18.0. The Morgan fingerprint density at radius 1 is 1.33 bits per heavy atom. The Balaban J connectivity index is 2.39. The number of alkyl halides is 1. The van der Waals surface area contributed by atoms with Crippen LogP contribution in [0.5, 0.6) is 11.5 Å². The van der Waals surface area contributed by atoms with Crippen molar-refractivity contribution in [1.29, 1.82) is 0 Å². The summed E-state index contributed by atoms with van der Waals surface area (Å²) in [5.41, 5.74) is 0.108. The van der Waals surface area contributed by atoms with Crippen molar-refractivity contribution >= 4 is 29.2 Å². The number of halogens is 1. The highest BCUT2D eigenvalue weighted by Gasteiger charge is 2.44. The molecule has 1 aliphatic heterocycles. The number of carbonyl (C=O) groups excluding carboxylic acids is 3. The summed E-state index contributed by atoms with van der Waals surface area (Å²) in [4.78, 5) is 37.1. The van der Waals surface area contributed by atoms with Gasteiger partial charge < -0.3 is 25.5 Å². The standard InChI is InChI=1S/C15H17ClN2O6/c1-7(19)6-18-12(14(23)17-9(5-16)15(18)24)13(22)8-2-3-10(20)11(21)4-8/h2-4,9,12-13,20-22H,5-6H2,1H3,(H,17,23). The van der Waals surface area contributed by atoms with Crippen LogP contribution >= 0.6 is 11.6 Å². The number of aliphatic hydroxyl groups excluding tert-OH is 1. The molecule has 9 heteroatoms. The number of nitrogens with one attached hydrogen (secondary N) is 1. The molecule has 1 aromatic rings. The largest absolute Gasteiger partial charge is 0.504 e. The number of nitrogens with zero attached hydrogens (tertiary/aromatic N) is 1. The van der Waals surface area contributed by atoms with Crippen molar-refractivity contribution < 1.29 is 29.7 Å². The van der Waals surface area contributed by atoms with E-state index in [0.29, 0.717) is 0 Å². The average Bonchev–Trinajstić information content (AvgIpc) is 2.52. The van der Waals surface area contributed by atoms with Gasteiger partial charge in [0, 0.05) is 0 Å². The van der Waals surface area contributed by atoms with Gasteiger partial charge in [0.05, 0.1) is 12.4 Å². The summed E-state index contributed by atoms with van der Waals surface area (Å²) in [5.74, 6) is -2.64. The molecule has 0 bridgehead atoms. The summed E-state index contributed by atoms with van der Waals surface area (Å²) in [5, 5.41) is 31.8. The van der Waals surface area contributed by atoms with E-state index in [0.717, 1.165) is 17.0 Å². The summed E-state index contributed by atoms with van der Waals surface area (Å²) in [6, 6.07) is 1.20. The maximum atomic E-state index is 12.4. The van der Waals surface area contributed by atoms with Gasteiger partial charge in [0.25, 0.3) is 0 Å². The Morgan fingerprint density at radius 2 is 2.00 bits per heavy atom. The number of ketones is 1. The molecule has 1 aromatic carbocycles. The molecular formula is C15H17ClN2O6. The van der Waals surface area contributed by atoms with Crippen LogP contribution in [0.2, 0.25) is 0 Å². The number of carbonyl (C=O) groups is 3. The van der Waals surface area contributed by atoms with Crippen molar-refractivity contribution in [2.24, 2.45) is 0 Å². The second-order valence-electron chi connectivity index (χ2n) is 5.52. The van der Waals surface area contributed by atoms with Crippen molar-refractivity contribution in [3.63, 3.8) is 0 Å². The minimum absolute atomic E-state index is 0.108. The van der Waals surface area contributed by atoms with Gasteiger partial charge in [0.1, 0.15) is 24.0 Å². The minimum Gasteiger partial charge on any atom is -0.504 e. The van der Waals surface area contributed by atoms with Gasteiger partial charge in [-0.3, -0.25) is 14.4 Å². The number of hydrogen-bond acceptors (Lipinski definition) is 6. The molecule has 8 nitrogen and oxygen atoms in total. The molecule has 1 saturated heterocycles.